The Bertz CT molecular complexity index is 956. The van der Waals surface area contributed by atoms with Crippen LogP contribution in [0.25, 0.3) is 22.2 Å². The van der Waals surface area contributed by atoms with Crippen molar-refractivity contribution in [2.24, 2.45) is 0 Å². The van der Waals surface area contributed by atoms with Crippen LogP contribution in [0.3, 0.4) is 0 Å². The molecule has 1 fully saturated rings. The van der Waals surface area contributed by atoms with Crippen LogP contribution in [0, 0.1) is 0 Å². The minimum Gasteiger partial charge on any atom is -0.359 e. The van der Waals surface area contributed by atoms with Gasteiger partial charge in [-0.15, -0.1) is 0 Å². The molecular weight excluding hydrogens is 324 g/mol. The number of hydrogen-bond donors (Lipinski definition) is 1. The number of aromatic nitrogens is 3. The Morgan fingerprint density at radius 3 is 2.88 bits per heavy atom. The standard InChI is InChI=1S/C21H24N4O/c1-3-25-13-16(12-23-25)19-11-18(14-7-8-14)17-6-4-5-15(21(17)24-19)9-10-20(26)22-2/h4-6,11-14H,3,7-10H2,1-2H3,(H,22,26). The number of fused-ring (bicyclic) bond motifs is 1. The fourth-order valence-electron chi connectivity index (χ4n) is 3.46. The van der Waals surface area contributed by atoms with Crippen LogP contribution in [0.4, 0.5) is 0 Å². The highest BCUT2D eigenvalue weighted by Gasteiger charge is 2.27. The molecule has 3 aromatic rings. The van der Waals surface area contributed by atoms with E-state index in [0.717, 1.165) is 28.9 Å². The third-order valence-corrected chi connectivity index (χ3v) is 5.13. The number of benzene rings is 1. The maximum atomic E-state index is 11.7. The van der Waals surface area contributed by atoms with Gasteiger partial charge < -0.3 is 5.32 Å². The second-order valence-electron chi connectivity index (χ2n) is 6.94. The minimum absolute atomic E-state index is 0.0600. The van der Waals surface area contributed by atoms with Gasteiger partial charge in [-0.2, -0.15) is 5.10 Å². The second kappa shape index (κ2) is 6.90. The summed E-state index contributed by atoms with van der Waals surface area (Å²) in [6.45, 7) is 2.93. The van der Waals surface area contributed by atoms with Crippen molar-refractivity contribution in [3.8, 4) is 11.3 Å². The summed E-state index contributed by atoms with van der Waals surface area (Å²) in [5, 5.41) is 8.33. The average molecular weight is 348 g/mol. The molecule has 26 heavy (non-hydrogen) atoms. The van der Waals surface area contributed by atoms with Gasteiger partial charge in [0.1, 0.15) is 0 Å². The molecule has 2 aromatic heterocycles. The SMILES string of the molecule is CCn1cc(-c2cc(C3CC3)c3cccc(CCC(=O)NC)c3n2)cn1. The Hall–Kier alpha value is -2.69. The lowest BCUT2D eigenvalue weighted by Gasteiger charge is -2.12. The van der Waals surface area contributed by atoms with Crippen molar-refractivity contribution >= 4 is 16.8 Å². The summed E-state index contributed by atoms with van der Waals surface area (Å²) < 4.78 is 1.93. The van der Waals surface area contributed by atoms with Crippen LogP contribution in [0.15, 0.2) is 36.7 Å². The first-order chi connectivity index (χ1) is 12.7. The lowest BCUT2D eigenvalue weighted by molar-refractivity contribution is -0.120. The number of rotatable bonds is 6. The molecule has 1 aliphatic carbocycles. The summed E-state index contributed by atoms with van der Waals surface area (Å²) in [5.74, 6) is 0.694. The van der Waals surface area contributed by atoms with E-state index in [1.54, 1.807) is 7.05 Å². The molecule has 2 heterocycles. The number of pyridine rings is 1. The molecule has 5 nitrogen and oxygen atoms in total. The molecule has 5 heteroatoms. The first-order valence-corrected chi connectivity index (χ1v) is 9.35. The van der Waals surface area contributed by atoms with Crippen LogP contribution in [0.2, 0.25) is 0 Å². The number of hydrogen-bond acceptors (Lipinski definition) is 3. The van der Waals surface area contributed by atoms with Crippen LogP contribution in [-0.4, -0.2) is 27.7 Å². The van der Waals surface area contributed by atoms with Gasteiger partial charge in [0.15, 0.2) is 0 Å². The Balaban J connectivity index is 1.82. The van der Waals surface area contributed by atoms with Gasteiger partial charge in [0.05, 0.1) is 17.4 Å². The van der Waals surface area contributed by atoms with Crippen molar-refractivity contribution < 1.29 is 4.79 Å². The van der Waals surface area contributed by atoms with Crippen LogP contribution in [0.1, 0.15) is 43.2 Å². The average Bonchev–Trinajstić information content (AvgIpc) is 3.41. The number of para-hydroxylation sites is 1. The van der Waals surface area contributed by atoms with Gasteiger partial charge in [-0.3, -0.25) is 9.48 Å². The zero-order valence-electron chi connectivity index (χ0n) is 15.3. The number of nitrogens with zero attached hydrogens (tertiary/aromatic N) is 3. The van der Waals surface area contributed by atoms with Crippen molar-refractivity contribution in [1.82, 2.24) is 20.1 Å². The molecular formula is C21H24N4O. The highest BCUT2D eigenvalue weighted by molar-refractivity contribution is 5.89. The zero-order valence-corrected chi connectivity index (χ0v) is 15.3. The van der Waals surface area contributed by atoms with E-state index in [0.29, 0.717) is 18.8 Å². The van der Waals surface area contributed by atoms with Gasteiger partial charge >= 0.3 is 0 Å². The molecule has 1 saturated carbocycles. The molecule has 0 atom stereocenters. The number of nitrogens with one attached hydrogen (secondary N) is 1. The summed E-state index contributed by atoms with van der Waals surface area (Å²) in [7, 11) is 1.68. The maximum Gasteiger partial charge on any atom is 0.220 e. The van der Waals surface area contributed by atoms with E-state index in [2.05, 4.69) is 47.8 Å². The largest absolute Gasteiger partial charge is 0.359 e. The first-order valence-electron chi connectivity index (χ1n) is 9.35. The third kappa shape index (κ3) is 3.21. The van der Waals surface area contributed by atoms with Crippen LogP contribution in [0.5, 0.6) is 0 Å². The van der Waals surface area contributed by atoms with Crippen LogP contribution >= 0.6 is 0 Å². The van der Waals surface area contributed by atoms with E-state index >= 15 is 0 Å². The molecule has 0 unspecified atom stereocenters. The quantitative estimate of drug-likeness (QED) is 0.739. The third-order valence-electron chi connectivity index (χ3n) is 5.13. The molecule has 0 spiro atoms. The summed E-state index contributed by atoms with van der Waals surface area (Å²) in [6.07, 6.45) is 7.61. The summed E-state index contributed by atoms with van der Waals surface area (Å²) in [4.78, 5) is 16.7. The van der Waals surface area contributed by atoms with E-state index in [1.165, 1.54) is 23.8 Å². The zero-order chi connectivity index (χ0) is 18.1. The topological polar surface area (TPSA) is 59.8 Å². The molecule has 0 radical (unpaired) electrons. The van der Waals surface area contributed by atoms with Crippen molar-refractivity contribution in [3.63, 3.8) is 0 Å². The van der Waals surface area contributed by atoms with E-state index in [9.17, 15) is 4.79 Å². The summed E-state index contributed by atoms with van der Waals surface area (Å²) in [6, 6.07) is 8.58. The molecule has 4 rings (SSSR count). The van der Waals surface area contributed by atoms with Crippen LogP contribution < -0.4 is 5.32 Å². The summed E-state index contributed by atoms with van der Waals surface area (Å²) in [5.41, 5.74) is 5.58. The van der Waals surface area contributed by atoms with E-state index in [1.807, 2.05) is 10.9 Å². The Morgan fingerprint density at radius 1 is 1.35 bits per heavy atom. The molecule has 1 aromatic carbocycles. The van der Waals surface area contributed by atoms with Gasteiger partial charge in [0, 0.05) is 37.2 Å². The predicted molar refractivity (Wildman–Crippen MR) is 103 cm³/mol. The van der Waals surface area contributed by atoms with Gasteiger partial charge in [-0.25, -0.2) is 4.98 Å². The monoisotopic (exact) mass is 348 g/mol. The highest BCUT2D eigenvalue weighted by Crippen LogP contribution is 2.44. The first kappa shape index (κ1) is 16.8. The highest BCUT2D eigenvalue weighted by atomic mass is 16.1. The Labute approximate surface area is 153 Å². The maximum absolute atomic E-state index is 11.7. The van der Waals surface area contributed by atoms with E-state index in [-0.39, 0.29) is 5.91 Å². The van der Waals surface area contributed by atoms with Gasteiger partial charge in [-0.1, -0.05) is 18.2 Å². The normalized spacial score (nSPS) is 13.9. The minimum atomic E-state index is 0.0600. The van der Waals surface area contributed by atoms with Gasteiger partial charge in [0.2, 0.25) is 5.91 Å². The number of carbonyl (C=O) groups excluding carboxylic acids is 1. The number of carbonyl (C=O) groups is 1. The van der Waals surface area contributed by atoms with Crippen molar-refractivity contribution in [2.75, 3.05) is 7.05 Å². The predicted octanol–water partition coefficient (Wildman–Crippen LogP) is 3.67. The molecule has 0 aliphatic heterocycles. The van der Waals surface area contributed by atoms with Gasteiger partial charge in [0.25, 0.3) is 0 Å². The van der Waals surface area contributed by atoms with E-state index in [4.69, 9.17) is 4.98 Å². The van der Waals surface area contributed by atoms with Crippen molar-refractivity contribution in [1.29, 1.82) is 0 Å². The number of aryl methyl sites for hydroxylation is 2. The lowest BCUT2D eigenvalue weighted by Crippen LogP contribution is -2.18. The fraction of sp³-hybridized carbons (Fsp3) is 0.381. The second-order valence-corrected chi connectivity index (χ2v) is 6.94. The van der Waals surface area contributed by atoms with Crippen molar-refractivity contribution in [2.45, 2.75) is 45.1 Å². The Morgan fingerprint density at radius 2 is 2.19 bits per heavy atom. The molecule has 0 saturated heterocycles. The fourth-order valence-corrected chi connectivity index (χ4v) is 3.46. The molecule has 0 bridgehead atoms. The number of amides is 1. The lowest BCUT2D eigenvalue weighted by atomic mass is 9.98. The summed E-state index contributed by atoms with van der Waals surface area (Å²) >= 11 is 0. The Kier molecular flexibility index (Phi) is 4.45. The molecule has 1 amide bonds. The molecule has 1 N–H and O–H groups in total. The van der Waals surface area contributed by atoms with Gasteiger partial charge in [-0.05, 0) is 49.3 Å². The molecule has 1 aliphatic rings. The van der Waals surface area contributed by atoms with Crippen molar-refractivity contribution in [3.05, 3.63) is 47.8 Å². The molecule has 134 valence electrons. The smallest absolute Gasteiger partial charge is 0.220 e. The van der Waals surface area contributed by atoms with E-state index < -0.39 is 0 Å². The van der Waals surface area contributed by atoms with Crippen LogP contribution in [-0.2, 0) is 17.8 Å².